The molecule has 0 spiro atoms. The molecule has 1 unspecified atom stereocenters. The van der Waals surface area contributed by atoms with Crippen molar-refractivity contribution in [2.45, 2.75) is 39.5 Å². The van der Waals surface area contributed by atoms with E-state index in [2.05, 4.69) is 22.3 Å². The summed E-state index contributed by atoms with van der Waals surface area (Å²) < 4.78 is 7.02. The molecule has 190 valence electrons. The highest BCUT2D eigenvalue weighted by Crippen LogP contribution is 2.31. The SMILES string of the molecule is COCCn1c(N2Cc3ccccc3C2)nc2c(C(C)Nc3ccccc3C(=O)O)cc(C)cc2c1=O. The molecule has 1 atom stereocenters. The van der Waals surface area contributed by atoms with E-state index in [1.807, 2.05) is 38.1 Å². The molecule has 4 aromatic rings. The second kappa shape index (κ2) is 10.1. The van der Waals surface area contributed by atoms with Gasteiger partial charge in [0.05, 0.1) is 35.7 Å². The number of para-hydroxylation sites is 1. The van der Waals surface area contributed by atoms with Gasteiger partial charge in [0.15, 0.2) is 0 Å². The molecule has 1 aliphatic heterocycles. The predicted octanol–water partition coefficient (Wildman–Crippen LogP) is 4.74. The molecule has 8 heteroatoms. The molecule has 2 heterocycles. The number of nitrogens with zero attached hydrogens (tertiary/aromatic N) is 3. The minimum atomic E-state index is -1.00. The number of hydrogen-bond acceptors (Lipinski definition) is 6. The lowest BCUT2D eigenvalue weighted by Crippen LogP contribution is -2.31. The standard InChI is InChI=1S/C29H30N4O4/c1-18-14-23(19(2)30-25-11-7-6-10-22(25)28(35)36)26-24(15-18)27(34)33(12-13-37-3)29(31-26)32-16-20-8-4-5-9-21(20)17-32/h4-11,14-15,19,30H,12-13,16-17H2,1-3H3,(H,35,36). The Labute approximate surface area is 215 Å². The highest BCUT2D eigenvalue weighted by Gasteiger charge is 2.25. The van der Waals surface area contributed by atoms with Gasteiger partial charge in [-0.3, -0.25) is 9.36 Å². The molecule has 0 bridgehead atoms. The summed E-state index contributed by atoms with van der Waals surface area (Å²) in [5, 5.41) is 13.5. The average molecular weight is 499 g/mol. The third-order valence-corrected chi connectivity index (χ3v) is 6.85. The Morgan fingerprint density at radius 3 is 2.46 bits per heavy atom. The van der Waals surface area contributed by atoms with Crippen LogP contribution in [0.4, 0.5) is 11.6 Å². The lowest BCUT2D eigenvalue weighted by atomic mass is 10.0. The van der Waals surface area contributed by atoms with Crippen molar-refractivity contribution < 1.29 is 14.6 Å². The number of rotatable bonds is 8. The average Bonchev–Trinajstić information content (AvgIpc) is 3.32. The van der Waals surface area contributed by atoms with Crippen molar-refractivity contribution in [3.05, 3.63) is 98.8 Å². The van der Waals surface area contributed by atoms with Crippen LogP contribution in [0.2, 0.25) is 0 Å². The number of aromatic carboxylic acids is 1. The fraction of sp³-hybridized carbons (Fsp3) is 0.276. The summed E-state index contributed by atoms with van der Waals surface area (Å²) in [6.45, 7) is 6.03. The lowest BCUT2D eigenvalue weighted by Gasteiger charge is -2.24. The van der Waals surface area contributed by atoms with Crippen LogP contribution >= 0.6 is 0 Å². The molecular weight excluding hydrogens is 468 g/mol. The Morgan fingerprint density at radius 1 is 1.11 bits per heavy atom. The highest BCUT2D eigenvalue weighted by molar-refractivity contribution is 5.94. The van der Waals surface area contributed by atoms with Crippen molar-refractivity contribution in [1.82, 2.24) is 9.55 Å². The molecular formula is C29H30N4O4. The molecule has 0 saturated heterocycles. The summed E-state index contributed by atoms with van der Waals surface area (Å²) in [7, 11) is 1.62. The minimum Gasteiger partial charge on any atom is -0.478 e. The molecule has 1 aliphatic rings. The smallest absolute Gasteiger partial charge is 0.337 e. The third-order valence-electron chi connectivity index (χ3n) is 6.85. The number of aromatic nitrogens is 2. The zero-order valence-electron chi connectivity index (χ0n) is 21.2. The number of carbonyl (C=O) groups is 1. The van der Waals surface area contributed by atoms with Crippen LogP contribution in [0, 0.1) is 6.92 Å². The first kappa shape index (κ1) is 24.5. The van der Waals surface area contributed by atoms with Gasteiger partial charge in [0, 0.05) is 31.5 Å². The normalized spacial score (nSPS) is 13.5. The number of hydrogen-bond donors (Lipinski definition) is 2. The topological polar surface area (TPSA) is 96.7 Å². The van der Waals surface area contributed by atoms with Crippen molar-refractivity contribution in [2.75, 3.05) is 23.9 Å². The predicted molar refractivity (Wildman–Crippen MR) is 144 cm³/mol. The first-order valence-electron chi connectivity index (χ1n) is 12.3. The first-order valence-corrected chi connectivity index (χ1v) is 12.3. The van der Waals surface area contributed by atoms with Gasteiger partial charge in [-0.15, -0.1) is 0 Å². The third kappa shape index (κ3) is 4.68. The van der Waals surface area contributed by atoms with Crippen LogP contribution < -0.4 is 15.8 Å². The van der Waals surface area contributed by atoms with Crippen LogP contribution in [0.3, 0.4) is 0 Å². The van der Waals surface area contributed by atoms with Crippen molar-refractivity contribution in [1.29, 1.82) is 0 Å². The highest BCUT2D eigenvalue weighted by atomic mass is 16.5. The summed E-state index contributed by atoms with van der Waals surface area (Å²) in [6, 6.07) is 18.7. The molecule has 2 N–H and O–H groups in total. The summed E-state index contributed by atoms with van der Waals surface area (Å²) in [5.41, 5.74) is 5.42. The number of fused-ring (bicyclic) bond motifs is 2. The summed E-state index contributed by atoms with van der Waals surface area (Å²) in [4.78, 5) is 32.8. The molecule has 37 heavy (non-hydrogen) atoms. The Morgan fingerprint density at radius 2 is 1.78 bits per heavy atom. The number of benzene rings is 3. The van der Waals surface area contributed by atoms with Gasteiger partial charge < -0.3 is 20.1 Å². The number of ether oxygens (including phenoxy) is 1. The zero-order valence-corrected chi connectivity index (χ0v) is 21.2. The molecule has 0 fully saturated rings. The fourth-order valence-corrected chi connectivity index (χ4v) is 5.03. The van der Waals surface area contributed by atoms with Crippen molar-refractivity contribution in [3.63, 3.8) is 0 Å². The lowest BCUT2D eigenvalue weighted by molar-refractivity contribution is 0.0698. The van der Waals surface area contributed by atoms with E-state index >= 15 is 0 Å². The maximum Gasteiger partial charge on any atom is 0.337 e. The monoisotopic (exact) mass is 498 g/mol. The fourth-order valence-electron chi connectivity index (χ4n) is 5.03. The van der Waals surface area contributed by atoms with E-state index in [0.29, 0.717) is 48.8 Å². The largest absolute Gasteiger partial charge is 0.478 e. The summed E-state index contributed by atoms with van der Waals surface area (Å²) in [5.74, 6) is -0.395. The van der Waals surface area contributed by atoms with E-state index in [4.69, 9.17) is 9.72 Å². The number of anilines is 2. The van der Waals surface area contributed by atoms with Crippen LogP contribution in [-0.4, -0.2) is 34.3 Å². The maximum absolute atomic E-state index is 13.9. The van der Waals surface area contributed by atoms with Gasteiger partial charge in [-0.25, -0.2) is 9.78 Å². The van der Waals surface area contributed by atoms with Crippen LogP contribution in [-0.2, 0) is 24.4 Å². The van der Waals surface area contributed by atoms with Crippen LogP contribution in [0.5, 0.6) is 0 Å². The van der Waals surface area contributed by atoms with E-state index < -0.39 is 5.97 Å². The Bertz CT molecular complexity index is 1520. The van der Waals surface area contributed by atoms with Gasteiger partial charge in [-0.05, 0) is 48.7 Å². The number of carboxylic acid groups (broad SMARTS) is 1. The summed E-state index contributed by atoms with van der Waals surface area (Å²) >= 11 is 0. The minimum absolute atomic E-state index is 0.115. The molecule has 3 aromatic carbocycles. The number of aryl methyl sites for hydroxylation is 1. The van der Waals surface area contributed by atoms with Crippen LogP contribution in [0.25, 0.3) is 10.9 Å². The van der Waals surface area contributed by atoms with Gasteiger partial charge in [0.25, 0.3) is 5.56 Å². The molecule has 0 amide bonds. The van der Waals surface area contributed by atoms with Gasteiger partial charge in [-0.1, -0.05) is 42.5 Å². The molecule has 0 aliphatic carbocycles. The Hall–Kier alpha value is -4.17. The van der Waals surface area contributed by atoms with E-state index in [0.717, 1.165) is 11.1 Å². The Kier molecular flexibility index (Phi) is 6.67. The maximum atomic E-state index is 13.9. The van der Waals surface area contributed by atoms with Crippen molar-refractivity contribution in [3.8, 4) is 0 Å². The molecule has 5 rings (SSSR count). The number of carboxylic acids is 1. The Balaban J connectivity index is 1.64. The van der Waals surface area contributed by atoms with Crippen LogP contribution in [0.15, 0.2) is 65.5 Å². The van der Waals surface area contributed by atoms with Crippen LogP contribution in [0.1, 0.15) is 45.6 Å². The number of methoxy groups -OCH3 is 1. The second-order valence-corrected chi connectivity index (χ2v) is 9.45. The van der Waals surface area contributed by atoms with E-state index in [-0.39, 0.29) is 17.2 Å². The van der Waals surface area contributed by atoms with E-state index in [9.17, 15) is 14.7 Å². The van der Waals surface area contributed by atoms with E-state index in [1.165, 1.54) is 11.1 Å². The van der Waals surface area contributed by atoms with E-state index in [1.54, 1.807) is 35.9 Å². The quantitative estimate of drug-likeness (QED) is 0.362. The molecule has 8 nitrogen and oxygen atoms in total. The van der Waals surface area contributed by atoms with Gasteiger partial charge in [0.1, 0.15) is 0 Å². The first-order chi connectivity index (χ1) is 17.9. The van der Waals surface area contributed by atoms with Gasteiger partial charge in [0.2, 0.25) is 5.95 Å². The summed E-state index contributed by atoms with van der Waals surface area (Å²) in [6.07, 6.45) is 0. The molecule has 1 aromatic heterocycles. The molecule has 0 saturated carbocycles. The van der Waals surface area contributed by atoms with Crippen molar-refractivity contribution >= 4 is 28.5 Å². The number of nitrogens with one attached hydrogen (secondary N) is 1. The van der Waals surface area contributed by atoms with Gasteiger partial charge >= 0.3 is 5.97 Å². The second-order valence-electron chi connectivity index (χ2n) is 9.45. The van der Waals surface area contributed by atoms with Crippen molar-refractivity contribution in [2.24, 2.45) is 0 Å². The zero-order chi connectivity index (χ0) is 26.1. The van der Waals surface area contributed by atoms with Gasteiger partial charge in [-0.2, -0.15) is 0 Å². The molecule has 0 radical (unpaired) electrons.